The van der Waals surface area contributed by atoms with Crippen molar-refractivity contribution in [1.82, 2.24) is 0 Å². The lowest BCUT2D eigenvalue weighted by Crippen LogP contribution is -1.96. The Kier molecular flexibility index (Phi) is 1.70. The minimum Gasteiger partial charge on any atom is -0.347 e. The minimum atomic E-state index is -1.45. The second-order valence-corrected chi connectivity index (χ2v) is 6.50. The van der Waals surface area contributed by atoms with Gasteiger partial charge in [-0.05, 0) is 23.8 Å². The quantitative estimate of drug-likeness (QED) is 0.653. The van der Waals surface area contributed by atoms with E-state index < -0.39 is 10.3 Å². The van der Waals surface area contributed by atoms with Crippen LogP contribution in [-0.2, 0) is 0 Å². The van der Waals surface area contributed by atoms with Gasteiger partial charge in [0.25, 0.3) is 0 Å². The van der Waals surface area contributed by atoms with Crippen LogP contribution in [-0.4, -0.2) is 16.6 Å². The maximum absolute atomic E-state index is 10.1. The molecule has 0 radical (unpaired) electrons. The molecule has 1 aromatic carbocycles. The molecule has 0 saturated carbocycles. The van der Waals surface area contributed by atoms with Crippen LogP contribution >= 0.6 is 10.3 Å². The Labute approximate surface area is 74.9 Å². The fourth-order valence-corrected chi connectivity index (χ4v) is 4.44. The first-order valence-electron chi connectivity index (χ1n) is 4.19. The van der Waals surface area contributed by atoms with E-state index in [-0.39, 0.29) is 0 Å². The first-order valence-corrected chi connectivity index (χ1v) is 6.35. The van der Waals surface area contributed by atoms with Gasteiger partial charge in [-0.3, -0.25) is 0 Å². The summed E-state index contributed by atoms with van der Waals surface area (Å²) in [6, 6.07) is 8.26. The first-order chi connectivity index (χ1) is 5.61. The number of hydrogen-bond donors (Lipinski definition) is 1. The Hall–Kier alpha value is -0.470. The fourth-order valence-electron chi connectivity index (χ4n) is 1.95. The SMILES string of the molecule is CC1CS(C)(O)c2ccccc21. The van der Waals surface area contributed by atoms with E-state index in [1.54, 1.807) is 0 Å². The van der Waals surface area contributed by atoms with Crippen LogP contribution in [0.5, 0.6) is 0 Å². The van der Waals surface area contributed by atoms with Gasteiger partial charge in [-0.1, -0.05) is 25.1 Å². The molecule has 1 aliphatic heterocycles. The summed E-state index contributed by atoms with van der Waals surface area (Å²) in [6.07, 6.45) is 1.98. The topological polar surface area (TPSA) is 20.2 Å². The van der Waals surface area contributed by atoms with Crippen LogP contribution in [0.1, 0.15) is 18.4 Å². The predicted octanol–water partition coefficient (Wildman–Crippen LogP) is 3.07. The highest BCUT2D eigenvalue weighted by molar-refractivity contribution is 8.28. The van der Waals surface area contributed by atoms with Gasteiger partial charge in [0.15, 0.2) is 0 Å². The Morgan fingerprint density at radius 2 is 2.08 bits per heavy atom. The summed E-state index contributed by atoms with van der Waals surface area (Å²) >= 11 is 0. The fraction of sp³-hybridized carbons (Fsp3) is 0.400. The molecule has 2 rings (SSSR count). The third-order valence-corrected chi connectivity index (χ3v) is 4.97. The first kappa shape index (κ1) is 8.14. The van der Waals surface area contributed by atoms with E-state index in [0.29, 0.717) is 5.92 Å². The molecule has 1 aromatic rings. The zero-order valence-electron chi connectivity index (χ0n) is 7.45. The summed E-state index contributed by atoms with van der Waals surface area (Å²) in [6.45, 7) is 2.19. The van der Waals surface area contributed by atoms with Crippen LogP contribution in [0.2, 0.25) is 0 Å². The highest BCUT2D eigenvalue weighted by Gasteiger charge is 2.31. The van der Waals surface area contributed by atoms with E-state index in [1.165, 1.54) is 10.5 Å². The van der Waals surface area contributed by atoms with Crippen molar-refractivity contribution in [3.63, 3.8) is 0 Å². The van der Waals surface area contributed by atoms with Gasteiger partial charge in [-0.25, -0.2) is 0 Å². The molecule has 0 fully saturated rings. The van der Waals surface area contributed by atoms with Crippen molar-refractivity contribution < 1.29 is 4.55 Å². The van der Waals surface area contributed by atoms with Crippen LogP contribution in [0.3, 0.4) is 0 Å². The second kappa shape index (κ2) is 2.51. The van der Waals surface area contributed by atoms with E-state index in [4.69, 9.17) is 0 Å². The molecule has 1 nitrogen and oxygen atoms in total. The van der Waals surface area contributed by atoms with Crippen molar-refractivity contribution in [2.24, 2.45) is 0 Å². The smallest absolute Gasteiger partial charge is 0.0157 e. The summed E-state index contributed by atoms with van der Waals surface area (Å²) in [7, 11) is -1.45. The largest absolute Gasteiger partial charge is 0.347 e. The molecule has 0 aliphatic carbocycles. The van der Waals surface area contributed by atoms with Crippen LogP contribution in [0, 0.1) is 0 Å². The lowest BCUT2D eigenvalue weighted by molar-refractivity contribution is 0.633. The van der Waals surface area contributed by atoms with Gasteiger partial charge >= 0.3 is 0 Å². The summed E-state index contributed by atoms with van der Waals surface area (Å²) in [5.41, 5.74) is 1.34. The molecule has 1 aliphatic rings. The van der Waals surface area contributed by atoms with Crippen LogP contribution in [0.4, 0.5) is 0 Å². The summed E-state index contributed by atoms with van der Waals surface area (Å²) in [5.74, 6) is 1.47. The molecule has 12 heavy (non-hydrogen) atoms. The molecule has 2 atom stereocenters. The third-order valence-electron chi connectivity index (χ3n) is 2.50. The monoisotopic (exact) mass is 182 g/mol. The van der Waals surface area contributed by atoms with Crippen molar-refractivity contribution in [2.45, 2.75) is 17.7 Å². The molecule has 66 valence electrons. The molecule has 2 heteroatoms. The molecule has 0 aromatic heterocycles. The van der Waals surface area contributed by atoms with Crippen molar-refractivity contribution in [1.29, 1.82) is 0 Å². The molecule has 2 unspecified atom stereocenters. The van der Waals surface area contributed by atoms with Crippen molar-refractivity contribution >= 4 is 10.3 Å². The summed E-state index contributed by atoms with van der Waals surface area (Å²) in [5, 5.41) is 0. The third kappa shape index (κ3) is 1.06. The Balaban J connectivity index is 2.58. The van der Waals surface area contributed by atoms with E-state index >= 15 is 0 Å². The van der Waals surface area contributed by atoms with E-state index in [9.17, 15) is 4.55 Å². The Morgan fingerprint density at radius 1 is 1.42 bits per heavy atom. The highest BCUT2D eigenvalue weighted by atomic mass is 32.3. The maximum Gasteiger partial charge on any atom is 0.0157 e. The van der Waals surface area contributed by atoms with Crippen molar-refractivity contribution in [3.05, 3.63) is 29.8 Å². The van der Waals surface area contributed by atoms with Crippen LogP contribution < -0.4 is 0 Å². The zero-order valence-corrected chi connectivity index (χ0v) is 8.27. The number of hydrogen-bond acceptors (Lipinski definition) is 1. The average molecular weight is 182 g/mol. The normalized spacial score (nSPS) is 38.8. The molecular formula is C10H14OS. The standard InChI is InChI=1S/C10H14OS/c1-8-7-12(2,11)10-6-4-3-5-9(8)10/h3-6,8,11H,7H2,1-2H3. The van der Waals surface area contributed by atoms with Gasteiger partial charge in [0.05, 0.1) is 0 Å². The Bertz CT molecular complexity index is 306. The van der Waals surface area contributed by atoms with Gasteiger partial charge in [0, 0.05) is 10.6 Å². The van der Waals surface area contributed by atoms with Gasteiger partial charge < -0.3 is 4.55 Å². The molecule has 0 spiro atoms. The van der Waals surface area contributed by atoms with E-state index in [1.807, 2.05) is 12.3 Å². The average Bonchev–Trinajstić information content (AvgIpc) is 2.25. The molecule has 1 N–H and O–H groups in total. The van der Waals surface area contributed by atoms with Gasteiger partial charge in [0.2, 0.25) is 0 Å². The van der Waals surface area contributed by atoms with Gasteiger partial charge in [-0.15, -0.1) is 10.3 Å². The van der Waals surface area contributed by atoms with Crippen LogP contribution in [0.15, 0.2) is 29.2 Å². The minimum absolute atomic E-state index is 0.534. The molecule has 0 bridgehead atoms. The van der Waals surface area contributed by atoms with Crippen molar-refractivity contribution in [3.8, 4) is 0 Å². The zero-order chi connectivity index (χ0) is 8.77. The summed E-state index contributed by atoms with van der Waals surface area (Å²) < 4.78 is 10.1. The number of benzene rings is 1. The van der Waals surface area contributed by atoms with Gasteiger partial charge in [-0.2, -0.15) is 0 Å². The molecular weight excluding hydrogens is 168 g/mol. The van der Waals surface area contributed by atoms with E-state index in [2.05, 4.69) is 25.1 Å². The lowest BCUT2D eigenvalue weighted by Gasteiger charge is -2.23. The molecule has 0 saturated heterocycles. The van der Waals surface area contributed by atoms with E-state index in [0.717, 1.165) is 5.75 Å². The molecule has 1 heterocycles. The summed E-state index contributed by atoms with van der Waals surface area (Å²) in [4.78, 5) is 1.19. The predicted molar refractivity (Wildman–Crippen MR) is 54.1 cm³/mol. The van der Waals surface area contributed by atoms with Gasteiger partial charge in [0.1, 0.15) is 0 Å². The second-order valence-electron chi connectivity index (χ2n) is 3.65. The molecule has 0 amide bonds. The van der Waals surface area contributed by atoms with Crippen LogP contribution in [0.25, 0.3) is 0 Å². The number of rotatable bonds is 0. The van der Waals surface area contributed by atoms with Crippen molar-refractivity contribution in [2.75, 3.05) is 12.0 Å². The lowest BCUT2D eigenvalue weighted by atomic mass is 10.0. The maximum atomic E-state index is 10.1. The number of fused-ring (bicyclic) bond motifs is 1. The Morgan fingerprint density at radius 3 is 2.75 bits per heavy atom. The highest BCUT2D eigenvalue weighted by Crippen LogP contribution is 2.59.